The summed E-state index contributed by atoms with van der Waals surface area (Å²) in [4.78, 5) is 12.0. The predicted octanol–water partition coefficient (Wildman–Crippen LogP) is 1.08. The van der Waals surface area contributed by atoms with Crippen molar-refractivity contribution in [2.45, 2.75) is 38.8 Å². The van der Waals surface area contributed by atoms with Crippen LogP contribution in [0, 0.1) is 5.92 Å². The van der Waals surface area contributed by atoms with E-state index in [4.69, 9.17) is 5.73 Å². The van der Waals surface area contributed by atoms with Gasteiger partial charge in [0.05, 0.1) is 18.7 Å². The topological polar surface area (TPSA) is 75.3 Å². The summed E-state index contributed by atoms with van der Waals surface area (Å²) in [7, 11) is 0. The van der Waals surface area contributed by atoms with Crippen molar-refractivity contribution < 1.29 is 9.90 Å². The smallest absolute Gasteiger partial charge is 0.237 e. The lowest BCUT2D eigenvalue weighted by Crippen LogP contribution is -2.48. The van der Waals surface area contributed by atoms with Gasteiger partial charge in [-0.2, -0.15) is 0 Å². The molecule has 2 atom stereocenters. The van der Waals surface area contributed by atoms with E-state index in [1.54, 1.807) is 0 Å². The number of hydrogen-bond donors (Lipinski definition) is 3. The number of carbonyl (C=O) groups is 1. The molecule has 0 radical (unpaired) electrons. The highest BCUT2D eigenvalue weighted by Gasteiger charge is 2.18. The average molecular weight is 264 g/mol. The largest absolute Gasteiger partial charge is 0.394 e. The molecule has 0 heterocycles. The standard InChI is InChI=1S/C15H24N2O2/c1-11(2)8-13(10-18)17-15(19)14(16)9-12-6-4-3-5-7-12/h3-7,11,13-14,18H,8-10,16H2,1-2H3,(H,17,19). The van der Waals surface area contributed by atoms with Crippen molar-refractivity contribution in [2.24, 2.45) is 11.7 Å². The Labute approximate surface area is 115 Å². The molecule has 0 aliphatic carbocycles. The van der Waals surface area contributed by atoms with Crippen LogP contribution in [0.3, 0.4) is 0 Å². The maximum absolute atomic E-state index is 12.0. The summed E-state index contributed by atoms with van der Waals surface area (Å²) in [5.41, 5.74) is 6.93. The minimum absolute atomic E-state index is 0.0536. The molecule has 1 aromatic rings. The third-order valence-electron chi connectivity index (χ3n) is 2.96. The molecule has 4 heteroatoms. The highest BCUT2D eigenvalue weighted by atomic mass is 16.3. The lowest BCUT2D eigenvalue weighted by molar-refractivity contribution is -0.123. The third kappa shape index (κ3) is 5.85. The van der Waals surface area contributed by atoms with Gasteiger partial charge in [-0.3, -0.25) is 4.79 Å². The second-order valence-electron chi connectivity index (χ2n) is 5.31. The van der Waals surface area contributed by atoms with Gasteiger partial charge in [-0.1, -0.05) is 44.2 Å². The molecule has 0 aromatic heterocycles. The minimum Gasteiger partial charge on any atom is -0.394 e. The van der Waals surface area contributed by atoms with Crippen LogP contribution in [0.15, 0.2) is 30.3 Å². The van der Waals surface area contributed by atoms with Crippen LogP contribution in [0.4, 0.5) is 0 Å². The van der Waals surface area contributed by atoms with Crippen LogP contribution in [-0.2, 0) is 11.2 Å². The molecular weight excluding hydrogens is 240 g/mol. The molecular formula is C15H24N2O2. The van der Waals surface area contributed by atoms with Gasteiger partial charge in [0.1, 0.15) is 0 Å². The first kappa shape index (κ1) is 15.7. The Kier molecular flexibility index (Phi) is 6.53. The molecule has 4 nitrogen and oxygen atoms in total. The Morgan fingerprint density at radius 2 is 1.95 bits per heavy atom. The first-order valence-corrected chi connectivity index (χ1v) is 6.73. The Bertz CT molecular complexity index is 379. The summed E-state index contributed by atoms with van der Waals surface area (Å²) in [6.07, 6.45) is 1.26. The van der Waals surface area contributed by atoms with Crippen LogP contribution >= 0.6 is 0 Å². The number of benzene rings is 1. The van der Waals surface area contributed by atoms with Crippen LogP contribution in [-0.4, -0.2) is 29.7 Å². The quantitative estimate of drug-likeness (QED) is 0.690. The average Bonchev–Trinajstić information content (AvgIpc) is 2.38. The number of rotatable bonds is 7. The summed E-state index contributed by atoms with van der Waals surface area (Å²) in [6, 6.07) is 8.89. The van der Waals surface area contributed by atoms with E-state index in [1.165, 1.54) is 0 Å². The van der Waals surface area contributed by atoms with Crippen molar-refractivity contribution in [3.8, 4) is 0 Å². The van der Waals surface area contributed by atoms with E-state index in [-0.39, 0.29) is 18.6 Å². The van der Waals surface area contributed by atoms with E-state index < -0.39 is 6.04 Å². The van der Waals surface area contributed by atoms with Crippen molar-refractivity contribution in [2.75, 3.05) is 6.61 Å². The molecule has 106 valence electrons. The van der Waals surface area contributed by atoms with Gasteiger partial charge in [-0.15, -0.1) is 0 Å². The Morgan fingerprint density at radius 1 is 1.32 bits per heavy atom. The van der Waals surface area contributed by atoms with Crippen molar-refractivity contribution in [3.63, 3.8) is 0 Å². The molecule has 2 unspecified atom stereocenters. The Hall–Kier alpha value is -1.39. The van der Waals surface area contributed by atoms with Crippen molar-refractivity contribution >= 4 is 5.91 Å². The highest BCUT2D eigenvalue weighted by molar-refractivity contribution is 5.82. The fourth-order valence-electron chi connectivity index (χ4n) is 2.02. The molecule has 1 amide bonds. The molecule has 1 rings (SSSR count). The monoisotopic (exact) mass is 264 g/mol. The molecule has 0 spiro atoms. The molecule has 1 aromatic carbocycles. The Morgan fingerprint density at radius 3 is 2.47 bits per heavy atom. The fourth-order valence-corrected chi connectivity index (χ4v) is 2.02. The van der Waals surface area contributed by atoms with Gasteiger partial charge in [-0.25, -0.2) is 0 Å². The lowest BCUT2D eigenvalue weighted by Gasteiger charge is -2.20. The molecule has 0 aliphatic heterocycles. The zero-order chi connectivity index (χ0) is 14.3. The van der Waals surface area contributed by atoms with Crippen molar-refractivity contribution in [3.05, 3.63) is 35.9 Å². The molecule has 4 N–H and O–H groups in total. The predicted molar refractivity (Wildman–Crippen MR) is 76.6 cm³/mol. The number of amides is 1. The van der Waals surface area contributed by atoms with E-state index in [0.29, 0.717) is 12.3 Å². The fraction of sp³-hybridized carbons (Fsp3) is 0.533. The third-order valence-corrected chi connectivity index (χ3v) is 2.96. The van der Waals surface area contributed by atoms with Crippen LogP contribution < -0.4 is 11.1 Å². The molecule has 0 saturated carbocycles. The molecule has 0 fully saturated rings. The summed E-state index contributed by atoms with van der Waals surface area (Å²) in [6.45, 7) is 4.05. The van der Waals surface area contributed by atoms with Crippen LogP contribution in [0.5, 0.6) is 0 Å². The molecule has 0 saturated heterocycles. The second kappa shape index (κ2) is 7.92. The van der Waals surface area contributed by atoms with Crippen molar-refractivity contribution in [1.29, 1.82) is 0 Å². The van der Waals surface area contributed by atoms with Gasteiger partial charge in [0.2, 0.25) is 5.91 Å². The van der Waals surface area contributed by atoms with Crippen LogP contribution in [0.2, 0.25) is 0 Å². The van der Waals surface area contributed by atoms with Gasteiger partial charge >= 0.3 is 0 Å². The first-order valence-electron chi connectivity index (χ1n) is 6.73. The first-order chi connectivity index (χ1) is 9.02. The summed E-state index contributed by atoms with van der Waals surface area (Å²) >= 11 is 0. The molecule has 19 heavy (non-hydrogen) atoms. The van der Waals surface area contributed by atoms with Gasteiger partial charge in [0, 0.05) is 0 Å². The number of aliphatic hydroxyl groups is 1. The van der Waals surface area contributed by atoms with E-state index in [0.717, 1.165) is 12.0 Å². The van der Waals surface area contributed by atoms with Gasteiger partial charge in [0.15, 0.2) is 0 Å². The zero-order valence-electron chi connectivity index (χ0n) is 11.7. The zero-order valence-corrected chi connectivity index (χ0v) is 11.7. The highest BCUT2D eigenvalue weighted by Crippen LogP contribution is 2.06. The summed E-state index contributed by atoms with van der Waals surface area (Å²) in [5.74, 6) is 0.214. The number of carbonyl (C=O) groups excluding carboxylic acids is 1. The van der Waals surface area contributed by atoms with E-state index in [2.05, 4.69) is 19.2 Å². The SMILES string of the molecule is CC(C)CC(CO)NC(=O)C(N)Cc1ccccc1. The maximum Gasteiger partial charge on any atom is 0.237 e. The lowest BCUT2D eigenvalue weighted by atomic mass is 10.0. The number of nitrogens with two attached hydrogens (primary N) is 1. The van der Waals surface area contributed by atoms with Crippen molar-refractivity contribution in [1.82, 2.24) is 5.32 Å². The van der Waals surface area contributed by atoms with Crippen LogP contribution in [0.25, 0.3) is 0 Å². The second-order valence-corrected chi connectivity index (χ2v) is 5.31. The summed E-state index contributed by atoms with van der Waals surface area (Å²) < 4.78 is 0. The normalized spacial score (nSPS) is 14.2. The molecule has 0 bridgehead atoms. The summed E-state index contributed by atoms with van der Waals surface area (Å²) in [5, 5.41) is 12.0. The van der Waals surface area contributed by atoms with Gasteiger partial charge < -0.3 is 16.2 Å². The van der Waals surface area contributed by atoms with Gasteiger partial charge in [0.25, 0.3) is 0 Å². The number of aliphatic hydroxyl groups excluding tert-OH is 1. The molecule has 0 aliphatic rings. The number of nitrogens with one attached hydrogen (secondary N) is 1. The maximum atomic E-state index is 12.0. The van der Waals surface area contributed by atoms with E-state index in [9.17, 15) is 9.90 Å². The Balaban J connectivity index is 2.48. The van der Waals surface area contributed by atoms with Crippen LogP contribution in [0.1, 0.15) is 25.8 Å². The minimum atomic E-state index is -0.580. The number of hydrogen-bond acceptors (Lipinski definition) is 3. The van der Waals surface area contributed by atoms with Gasteiger partial charge in [-0.05, 0) is 24.3 Å². The van der Waals surface area contributed by atoms with E-state index in [1.807, 2.05) is 30.3 Å². The van der Waals surface area contributed by atoms with E-state index >= 15 is 0 Å².